The number of hydrogen-bond acceptors (Lipinski definition) is 7. The van der Waals surface area contributed by atoms with Crippen molar-refractivity contribution in [1.29, 1.82) is 0 Å². The van der Waals surface area contributed by atoms with E-state index in [1.54, 1.807) is 21.3 Å². The lowest BCUT2D eigenvalue weighted by molar-refractivity contribution is 0.310. The number of aromatic amines is 1. The van der Waals surface area contributed by atoms with Gasteiger partial charge in [-0.3, -0.25) is 5.10 Å². The van der Waals surface area contributed by atoms with Crippen molar-refractivity contribution >= 4 is 0 Å². The largest absolute Gasteiger partial charge is 0.493 e. The molecule has 28 heavy (non-hydrogen) atoms. The highest BCUT2D eigenvalue weighted by Gasteiger charge is 2.18. The molecule has 1 atom stereocenters. The predicted molar refractivity (Wildman–Crippen MR) is 105 cm³/mol. The highest BCUT2D eigenvalue weighted by atomic mass is 16.5. The van der Waals surface area contributed by atoms with E-state index in [1.165, 1.54) is 0 Å². The minimum Gasteiger partial charge on any atom is -0.493 e. The van der Waals surface area contributed by atoms with Gasteiger partial charge in [-0.1, -0.05) is 6.07 Å². The fourth-order valence-corrected chi connectivity index (χ4v) is 2.83. The molecule has 3 aromatic rings. The van der Waals surface area contributed by atoms with E-state index in [9.17, 15) is 0 Å². The van der Waals surface area contributed by atoms with Gasteiger partial charge in [-0.2, -0.15) is 5.10 Å². The summed E-state index contributed by atoms with van der Waals surface area (Å²) in [5.41, 5.74) is 8.01. The van der Waals surface area contributed by atoms with Crippen LogP contribution in [0.3, 0.4) is 0 Å². The molecule has 0 aliphatic rings. The van der Waals surface area contributed by atoms with Gasteiger partial charge >= 0.3 is 0 Å². The zero-order valence-electron chi connectivity index (χ0n) is 16.4. The molecule has 0 aliphatic heterocycles. The van der Waals surface area contributed by atoms with E-state index >= 15 is 0 Å². The van der Waals surface area contributed by atoms with E-state index in [1.807, 2.05) is 43.3 Å². The van der Waals surface area contributed by atoms with Crippen molar-refractivity contribution in [2.45, 2.75) is 13.0 Å². The third-order valence-electron chi connectivity index (χ3n) is 4.29. The molecule has 8 nitrogen and oxygen atoms in total. The molecule has 0 radical (unpaired) electrons. The lowest BCUT2D eigenvalue weighted by atomic mass is 10.1. The molecule has 0 saturated heterocycles. The Labute approximate surface area is 163 Å². The average Bonchev–Trinajstić information content (AvgIpc) is 3.23. The fraction of sp³-hybridized carbons (Fsp3) is 0.300. The van der Waals surface area contributed by atoms with Crippen LogP contribution in [-0.4, -0.2) is 43.1 Å². The molecule has 0 spiro atoms. The van der Waals surface area contributed by atoms with Crippen molar-refractivity contribution < 1.29 is 18.9 Å². The van der Waals surface area contributed by atoms with Crippen LogP contribution >= 0.6 is 0 Å². The Hall–Kier alpha value is -3.26. The van der Waals surface area contributed by atoms with Gasteiger partial charge in [-0.15, -0.1) is 0 Å². The van der Waals surface area contributed by atoms with Crippen molar-refractivity contribution in [2.75, 3.05) is 27.9 Å². The maximum absolute atomic E-state index is 6.39. The Morgan fingerprint density at radius 3 is 2.29 bits per heavy atom. The normalized spacial score (nSPS) is 11.8. The zero-order chi connectivity index (χ0) is 20.1. The second-order valence-corrected chi connectivity index (χ2v) is 5.94. The van der Waals surface area contributed by atoms with Gasteiger partial charge < -0.3 is 24.7 Å². The average molecular weight is 384 g/mol. The Kier molecular flexibility index (Phi) is 6.00. The van der Waals surface area contributed by atoms with E-state index in [0.717, 1.165) is 11.1 Å². The standard InChI is InChI=1S/C20H24N4O4/c1-5-28-17-10-12(6-8-15(17)26-3)18(21)20-22-19(23-24-20)13-7-9-14(25-2)16(11-13)27-4/h6-11,18H,5,21H2,1-4H3,(H,22,23,24). The number of nitrogens with two attached hydrogens (primary N) is 1. The monoisotopic (exact) mass is 384 g/mol. The first-order valence-electron chi connectivity index (χ1n) is 8.82. The molecule has 2 aromatic carbocycles. The molecule has 1 aromatic heterocycles. The van der Waals surface area contributed by atoms with E-state index in [0.29, 0.717) is 41.3 Å². The van der Waals surface area contributed by atoms with Crippen LogP contribution in [0.2, 0.25) is 0 Å². The molecule has 8 heteroatoms. The van der Waals surface area contributed by atoms with E-state index in [4.69, 9.17) is 24.7 Å². The number of nitrogens with one attached hydrogen (secondary N) is 1. The van der Waals surface area contributed by atoms with Crippen LogP contribution < -0.4 is 24.7 Å². The minimum atomic E-state index is -0.494. The molecule has 0 fully saturated rings. The van der Waals surface area contributed by atoms with Gasteiger partial charge in [0.2, 0.25) is 0 Å². The van der Waals surface area contributed by atoms with Gasteiger partial charge in [-0.05, 0) is 42.8 Å². The summed E-state index contributed by atoms with van der Waals surface area (Å²) in [4.78, 5) is 4.55. The molecule has 148 valence electrons. The van der Waals surface area contributed by atoms with E-state index < -0.39 is 6.04 Å². The highest BCUT2D eigenvalue weighted by molar-refractivity contribution is 5.61. The first kappa shape index (κ1) is 19.5. The highest BCUT2D eigenvalue weighted by Crippen LogP contribution is 2.33. The number of benzene rings is 2. The number of hydrogen-bond donors (Lipinski definition) is 2. The minimum absolute atomic E-state index is 0.494. The number of aromatic nitrogens is 3. The van der Waals surface area contributed by atoms with Gasteiger partial charge in [0, 0.05) is 5.56 Å². The summed E-state index contributed by atoms with van der Waals surface area (Å²) < 4.78 is 21.5. The van der Waals surface area contributed by atoms with Crippen molar-refractivity contribution in [2.24, 2.45) is 5.73 Å². The maximum atomic E-state index is 6.39. The predicted octanol–water partition coefficient (Wildman–Crippen LogP) is 2.94. The Morgan fingerprint density at radius 2 is 1.61 bits per heavy atom. The first-order chi connectivity index (χ1) is 13.6. The van der Waals surface area contributed by atoms with Crippen molar-refractivity contribution in [1.82, 2.24) is 15.2 Å². The first-order valence-corrected chi connectivity index (χ1v) is 8.82. The number of ether oxygens (including phenoxy) is 4. The van der Waals surface area contributed by atoms with Gasteiger partial charge in [0.15, 0.2) is 28.8 Å². The maximum Gasteiger partial charge on any atom is 0.181 e. The molecule has 0 bridgehead atoms. The number of H-pyrrole nitrogens is 1. The van der Waals surface area contributed by atoms with Crippen LogP contribution in [0, 0.1) is 0 Å². The van der Waals surface area contributed by atoms with Gasteiger partial charge in [-0.25, -0.2) is 4.98 Å². The van der Waals surface area contributed by atoms with E-state index in [2.05, 4.69) is 15.2 Å². The second-order valence-electron chi connectivity index (χ2n) is 5.94. The second kappa shape index (κ2) is 8.62. The smallest absolute Gasteiger partial charge is 0.181 e. The summed E-state index contributed by atoms with van der Waals surface area (Å²) in [5, 5.41) is 7.21. The van der Waals surface area contributed by atoms with Crippen LogP contribution in [0.1, 0.15) is 24.4 Å². The summed E-state index contributed by atoms with van der Waals surface area (Å²) in [5.74, 6) is 3.59. The van der Waals surface area contributed by atoms with E-state index in [-0.39, 0.29) is 0 Å². The van der Waals surface area contributed by atoms with Crippen LogP contribution in [0.5, 0.6) is 23.0 Å². The molecular weight excluding hydrogens is 360 g/mol. The van der Waals surface area contributed by atoms with Crippen molar-refractivity contribution in [3.8, 4) is 34.4 Å². The number of methoxy groups -OCH3 is 3. The van der Waals surface area contributed by atoms with Crippen LogP contribution in [-0.2, 0) is 0 Å². The molecule has 0 aliphatic carbocycles. The van der Waals surface area contributed by atoms with Crippen molar-refractivity contribution in [3.05, 3.63) is 47.8 Å². The number of rotatable bonds is 8. The summed E-state index contributed by atoms with van der Waals surface area (Å²) in [6.45, 7) is 2.44. The topological polar surface area (TPSA) is 105 Å². The van der Waals surface area contributed by atoms with Crippen LogP contribution in [0.25, 0.3) is 11.4 Å². The third kappa shape index (κ3) is 3.86. The lowest BCUT2D eigenvalue weighted by Crippen LogP contribution is -2.14. The Balaban J connectivity index is 1.88. The molecule has 3 rings (SSSR count). The van der Waals surface area contributed by atoms with Crippen LogP contribution in [0.15, 0.2) is 36.4 Å². The molecule has 0 amide bonds. The van der Waals surface area contributed by atoms with Gasteiger partial charge in [0.05, 0.1) is 34.0 Å². The summed E-state index contributed by atoms with van der Waals surface area (Å²) in [7, 11) is 4.77. The molecule has 0 saturated carbocycles. The molecule has 1 heterocycles. The molecular formula is C20H24N4O4. The Morgan fingerprint density at radius 1 is 0.929 bits per heavy atom. The SMILES string of the molecule is CCOc1cc(C(N)c2nc(-c3ccc(OC)c(OC)c3)n[nH]2)ccc1OC. The Bertz CT molecular complexity index is 942. The summed E-state index contributed by atoms with van der Waals surface area (Å²) in [6.07, 6.45) is 0. The van der Waals surface area contributed by atoms with Gasteiger partial charge in [0.25, 0.3) is 0 Å². The lowest BCUT2D eigenvalue weighted by Gasteiger charge is -2.14. The van der Waals surface area contributed by atoms with Gasteiger partial charge in [0.1, 0.15) is 5.82 Å². The number of nitrogens with zero attached hydrogens (tertiary/aromatic N) is 2. The molecule has 3 N–H and O–H groups in total. The zero-order valence-corrected chi connectivity index (χ0v) is 16.4. The summed E-state index contributed by atoms with van der Waals surface area (Å²) in [6, 6.07) is 10.5. The summed E-state index contributed by atoms with van der Waals surface area (Å²) >= 11 is 0. The fourth-order valence-electron chi connectivity index (χ4n) is 2.83. The van der Waals surface area contributed by atoms with Crippen LogP contribution in [0.4, 0.5) is 0 Å². The molecule has 1 unspecified atom stereocenters. The quantitative estimate of drug-likeness (QED) is 0.615. The van der Waals surface area contributed by atoms with Crippen molar-refractivity contribution in [3.63, 3.8) is 0 Å². The third-order valence-corrected chi connectivity index (χ3v) is 4.29.